The second-order valence-corrected chi connectivity index (χ2v) is 6.15. The fourth-order valence-electron chi connectivity index (χ4n) is 1.70. The highest BCUT2D eigenvalue weighted by Crippen LogP contribution is 2.36. The first kappa shape index (κ1) is 16.8. The van der Waals surface area contributed by atoms with Crippen molar-refractivity contribution < 1.29 is 13.7 Å². The van der Waals surface area contributed by atoms with Crippen LogP contribution in [-0.2, 0) is 0 Å². The van der Waals surface area contributed by atoms with Crippen molar-refractivity contribution in [2.75, 3.05) is 11.9 Å². The predicted octanol–water partition coefficient (Wildman–Crippen LogP) is 3.65. The van der Waals surface area contributed by atoms with E-state index in [2.05, 4.69) is 10.0 Å². The number of rotatable bonds is 7. The third-order valence-electron chi connectivity index (χ3n) is 2.86. The van der Waals surface area contributed by atoms with Crippen molar-refractivity contribution in [1.82, 2.24) is 4.72 Å². The van der Waals surface area contributed by atoms with E-state index in [1.807, 2.05) is 0 Å². The Morgan fingerprint density at radius 1 is 1.55 bits per heavy atom. The second-order valence-electron chi connectivity index (χ2n) is 4.64. The van der Waals surface area contributed by atoms with Gasteiger partial charge in [0.15, 0.2) is 0 Å². The van der Waals surface area contributed by atoms with Crippen LogP contribution in [0.5, 0.6) is 0 Å². The zero-order chi connectivity index (χ0) is 16.3. The van der Waals surface area contributed by atoms with Crippen LogP contribution in [0, 0.1) is 15.5 Å². The van der Waals surface area contributed by atoms with Crippen LogP contribution in [0.15, 0.2) is 12.1 Å². The minimum atomic E-state index is -2.69. The summed E-state index contributed by atoms with van der Waals surface area (Å²) in [7, 11) is 0. The number of nitro groups is 1. The van der Waals surface area contributed by atoms with E-state index < -0.39 is 23.6 Å². The van der Waals surface area contributed by atoms with Gasteiger partial charge in [-0.25, -0.2) is 8.78 Å². The van der Waals surface area contributed by atoms with Gasteiger partial charge in [-0.2, -0.15) is 0 Å². The Bertz CT molecular complexity index is 599. The van der Waals surface area contributed by atoms with E-state index >= 15 is 0 Å². The van der Waals surface area contributed by atoms with Crippen LogP contribution in [0.25, 0.3) is 0 Å². The van der Waals surface area contributed by atoms with Crippen molar-refractivity contribution in [3.8, 4) is 0 Å². The number of alkyl halides is 2. The van der Waals surface area contributed by atoms with Crippen molar-refractivity contribution in [2.45, 2.75) is 24.5 Å². The molecule has 1 aromatic carbocycles. The SMILES string of the molecule is N=C(NSC1CC1)c1c(Cl)ccc([N+](=O)[O-])c1NCC(F)F. The summed E-state index contributed by atoms with van der Waals surface area (Å²) in [5.41, 5.74) is -0.556. The van der Waals surface area contributed by atoms with Gasteiger partial charge < -0.3 is 10.0 Å². The Labute approximate surface area is 134 Å². The molecular weight excluding hydrogens is 338 g/mol. The summed E-state index contributed by atoms with van der Waals surface area (Å²) in [5, 5.41) is 21.9. The molecule has 0 spiro atoms. The fourth-order valence-corrected chi connectivity index (χ4v) is 2.71. The average molecular weight is 351 g/mol. The van der Waals surface area contributed by atoms with E-state index in [9.17, 15) is 18.9 Å². The molecule has 0 atom stereocenters. The second kappa shape index (κ2) is 7.10. The normalized spacial score (nSPS) is 14.0. The molecule has 0 radical (unpaired) electrons. The lowest BCUT2D eigenvalue weighted by Crippen LogP contribution is -2.21. The number of nitrogens with zero attached hydrogens (tertiary/aromatic N) is 1. The lowest BCUT2D eigenvalue weighted by molar-refractivity contribution is -0.384. The van der Waals surface area contributed by atoms with E-state index in [-0.39, 0.29) is 22.1 Å². The summed E-state index contributed by atoms with van der Waals surface area (Å²) in [5.74, 6) is -0.151. The van der Waals surface area contributed by atoms with Gasteiger partial charge in [0.1, 0.15) is 11.5 Å². The number of anilines is 1. The molecule has 120 valence electrons. The minimum Gasteiger partial charge on any atom is -0.373 e. The van der Waals surface area contributed by atoms with Crippen LogP contribution in [0.2, 0.25) is 5.02 Å². The quantitative estimate of drug-likeness (QED) is 0.229. The molecule has 6 nitrogen and oxygen atoms in total. The monoisotopic (exact) mass is 350 g/mol. The molecule has 0 heterocycles. The van der Waals surface area contributed by atoms with Crippen molar-refractivity contribution in [3.63, 3.8) is 0 Å². The van der Waals surface area contributed by atoms with Gasteiger partial charge in [0.25, 0.3) is 12.1 Å². The van der Waals surface area contributed by atoms with Gasteiger partial charge in [0.2, 0.25) is 0 Å². The molecule has 1 aliphatic rings. The van der Waals surface area contributed by atoms with Crippen LogP contribution in [0.1, 0.15) is 18.4 Å². The zero-order valence-electron chi connectivity index (χ0n) is 11.2. The van der Waals surface area contributed by atoms with Crippen LogP contribution in [-0.4, -0.2) is 29.0 Å². The molecule has 22 heavy (non-hydrogen) atoms. The van der Waals surface area contributed by atoms with Crippen LogP contribution in [0.3, 0.4) is 0 Å². The molecule has 2 rings (SSSR count). The Morgan fingerprint density at radius 3 is 2.77 bits per heavy atom. The number of hydrogen-bond acceptors (Lipinski definition) is 5. The lowest BCUT2D eigenvalue weighted by Gasteiger charge is -2.15. The third kappa shape index (κ3) is 4.20. The molecule has 1 fully saturated rings. The first-order valence-corrected chi connectivity index (χ1v) is 7.65. The maximum atomic E-state index is 12.4. The maximum Gasteiger partial charge on any atom is 0.293 e. The van der Waals surface area contributed by atoms with Gasteiger partial charge in [0.05, 0.1) is 22.1 Å². The molecule has 10 heteroatoms. The van der Waals surface area contributed by atoms with Crippen LogP contribution in [0.4, 0.5) is 20.2 Å². The molecule has 0 aliphatic heterocycles. The molecule has 1 aromatic rings. The maximum absolute atomic E-state index is 12.4. The van der Waals surface area contributed by atoms with Crippen LogP contribution >= 0.6 is 23.5 Å². The number of benzene rings is 1. The summed E-state index contributed by atoms with van der Waals surface area (Å²) in [6.07, 6.45) is -0.622. The summed E-state index contributed by atoms with van der Waals surface area (Å²) in [6, 6.07) is 2.40. The van der Waals surface area contributed by atoms with Crippen molar-refractivity contribution in [1.29, 1.82) is 5.41 Å². The lowest BCUT2D eigenvalue weighted by atomic mass is 10.1. The van der Waals surface area contributed by atoms with Crippen LogP contribution < -0.4 is 10.0 Å². The Hall–Kier alpha value is -1.61. The zero-order valence-corrected chi connectivity index (χ0v) is 12.8. The number of hydrogen-bond donors (Lipinski definition) is 3. The molecule has 0 aromatic heterocycles. The highest BCUT2D eigenvalue weighted by molar-refractivity contribution is 7.98. The first-order valence-electron chi connectivity index (χ1n) is 6.39. The number of halogens is 3. The average Bonchev–Trinajstić information content (AvgIpc) is 3.26. The summed E-state index contributed by atoms with van der Waals surface area (Å²) < 4.78 is 27.6. The van der Waals surface area contributed by atoms with Gasteiger partial charge in [-0.1, -0.05) is 11.6 Å². The first-order chi connectivity index (χ1) is 10.4. The summed E-state index contributed by atoms with van der Waals surface area (Å²) in [6.45, 7) is -0.767. The van der Waals surface area contributed by atoms with E-state index in [0.29, 0.717) is 5.25 Å². The minimum absolute atomic E-state index is 0.0182. The number of nitrogens with one attached hydrogen (secondary N) is 3. The molecular formula is C12H13ClF2N4O2S. The molecule has 0 unspecified atom stereocenters. The number of nitro benzene ring substituents is 1. The fraction of sp³-hybridized carbons (Fsp3) is 0.417. The molecule has 0 amide bonds. The molecule has 1 saturated carbocycles. The molecule has 0 bridgehead atoms. The van der Waals surface area contributed by atoms with Gasteiger partial charge in [0, 0.05) is 11.3 Å². The van der Waals surface area contributed by atoms with E-state index in [0.717, 1.165) is 18.9 Å². The standard InChI is InChI=1S/C12H13ClF2N4O2S/c13-7-3-4-8(19(20)21)11(17-5-9(14)15)10(7)12(16)18-22-6-1-2-6/h3-4,6,9,17H,1-2,5H2,(H2,16,18). The Balaban J connectivity index is 2.32. The Morgan fingerprint density at radius 2 is 2.23 bits per heavy atom. The third-order valence-corrected chi connectivity index (χ3v) is 4.31. The van der Waals surface area contributed by atoms with Gasteiger partial charge >= 0.3 is 0 Å². The van der Waals surface area contributed by atoms with E-state index in [1.54, 1.807) is 0 Å². The number of amidine groups is 1. The molecule has 3 N–H and O–H groups in total. The topological polar surface area (TPSA) is 91.0 Å². The smallest absolute Gasteiger partial charge is 0.293 e. The van der Waals surface area contributed by atoms with Crippen molar-refractivity contribution in [2.24, 2.45) is 0 Å². The Kier molecular flexibility index (Phi) is 5.41. The van der Waals surface area contributed by atoms with Gasteiger partial charge in [-0.15, -0.1) is 0 Å². The van der Waals surface area contributed by atoms with Gasteiger partial charge in [-0.3, -0.25) is 15.5 Å². The van der Waals surface area contributed by atoms with Crippen molar-refractivity contribution in [3.05, 3.63) is 32.8 Å². The molecule has 1 aliphatic carbocycles. The molecule has 0 saturated heterocycles. The van der Waals surface area contributed by atoms with E-state index in [1.165, 1.54) is 18.0 Å². The summed E-state index contributed by atoms with van der Waals surface area (Å²) in [4.78, 5) is 10.4. The predicted molar refractivity (Wildman–Crippen MR) is 83.2 cm³/mol. The van der Waals surface area contributed by atoms with Gasteiger partial charge in [-0.05, 0) is 30.9 Å². The highest BCUT2D eigenvalue weighted by atomic mass is 35.5. The van der Waals surface area contributed by atoms with Crippen molar-refractivity contribution >= 4 is 40.8 Å². The largest absolute Gasteiger partial charge is 0.373 e. The highest BCUT2D eigenvalue weighted by Gasteiger charge is 2.26. The summed E-state index contributed by atoms with van der Waals surface area (Å²) >= 11 is 7.33. The van der Waals surface area contributed by atoms with E-state index in [4.69, 9.17) is 17.0 Å².